The van der Waals surface area contributed by atoms with Crippen LogP contribution in [0.15, 0.2) is 21.8 Å². The molecule has 134 valence electrons. The monoisotopic (exact) mass is 344 g/mol. The molecular weight excluding hydrogens is 320 g/mol. The first-order valence-corrected chi connectivity index (χ1v) is 9.08. The van der Waals surface area contributed by atoms with Crippen LogP contribution in [0.5, 0.6) is 0 Å². The Morgan fingerprint density at radius 2 is 1.84 bits per heavy atom. The molecule has 0 amide bonds. The lowest BCUT2D eigenvalue weighted by Gasteiger charge is -2.34. The first-order valence-electron chi connectivity index (χ1n) is 9.08. The first-order chi connectivity index (χ1) is 12.3. The molecule has 0 N–H and O–H groups in total. The summed E-state index contributed by atoms with van der Waals surface area (Å²) in [5.41, 5.74) is 2.31. The number of aromatic nitrogens is 4. The van der Waals surface area contributed by atoms with E-state index >= 15 is 0 Å². The summed E-state index contributed by atoms with van der Waals surface area (Å²) in [6.45, 7) is 6.17. The van der Waals surface area contributed by atoms with Gasteiger partial charge in [0.05, 0.1) is 18.8 Å². The van der Waals surface area contributed by atoms with Crippen molar-refractivity contribution in [2.24, 2.45) is 0 Å². The predicted octanol–water partition coefficient (Wildman–Crippen LogP) is 0.323. The molecule has 0 aromatic carbocycles. The third-order valence-corrected chi connectivity index (χ3v) is 5.14. The fourth-order valence-electron chi connectivity index (χ4n) is 3.63. The predicted molar refractivity (Wildman–Crippen MR) is 91.2 cm³/mol. The Balaban J connectivity index is 1.29. The van der Waals surface area contributed by atoms with E-state index in [0.29, 0.717) is 6.54 Å². The molecule has 1 aliphatic carbocycles. The van der Waals surface area contributed by atoms with Gasteiger partial charge in [-0.15, -0.1) is 0 Å². The SMILES string of the molecule is O=c1cc2c(nn1CCN1CCN(Cc3ncon3)CC1)CCCC2. The zero-order chi connectivity index (χ0) is 17.1. The molecule has 0 radical (unpaired) electrons. The standard InChI is InChI=1S/C17H24N6O2/c24-17-11-14-3-1-2-4-15(14)19-23(17)10-9-21-5-7-22(8-6-21)12-16-18-13-25-20-16/h11,13H,1-10,12H2. The van der Waals surface area contributed by atoms with Crippen molar-refractivity contribution < 1.29 is 4.52 Å². The number of piperazine rings is 1. The zero-order valence-electron chi connectivity index (χ0n) is 14.4. The molecule has 0 atom stereocenters. The zero-order valence-corrected chi connectivity index (χ0v) is 14.4. The van der Waals surface area contributed by atoms with Crippen molar-refractivity contribution in [3.63, 3.8) is 0 Å². The van der Waals surface area contributed by atoms with E-state index in [0.717, 1.165) is 69.2 Å². The van der Waals surface area contributed by atoms with Crippen LogP contribution in [0.3, 0.4) is 0 Å². The minimum absolute atomic E-state index is 0.0383. The maximum Gasteiger partial charge on any atom is 0.267 e. The van der Waals surface area contributed by atoms with Gasteiger partial charge in [0, 0.05) is 38.8 Å². The van der Waals surface area contributed by atoms with E-state index in [-0.39, 0.29) is 5.56 Å². The van der Waals surface area contributed by atoms with Crippen LogP contribution < -0.4 is 5.56 Å². The Morgan fingerprint density at radius 1 is 1.04 bits per heavy atom. The van der Waals surface area contributed by atoms with Gasteiger partial charge < -0.3 is 4.52 Å². The second kappa shape index (κ2) is 7.45. The molecule has 2 aliphatic rings. The van der Waals surface area contributed by atoms with Crippen molar-refractivity contribution >= 4 is 0 Å². The third kappa shape index (κ3) is 3.96. The van der Waals surface area contributed by atoms with Crippen LogP contribution in [0.2, 0.25) is 0 Å². The second-order valence-electron chi connectivity index (χ2n) is 6.85. The van der Waals surface area contributed by atoms with E-state index in [1.165, 1.54) is 19.2 Å². The van der Waals surface area contributed by atoms with Gasteiger partial charge in [0.2, 0.25) is 6.39 Å². The van der Waals surface area contributed by atoms with Gasteiger partial charge in [-0.05, 0) is 31.2 Å². The lowest BCUT2D eigenvalue weighted by atomic mass is 9.97. The Kier molecular flexibility index (Phi) is 4.89. The summed E-state index contributed by atoms with van der Waals surface area (Å²) >= 11 is 0. The number of nitrogens with zero attached hydrogens (tertiary/aromatic N) is 6. The minimum atomic E-state index is 0.0383. The number of aryl methyl sites for hydroxylation is 2. The Labute approximate surface area is 146 Å². The molecule has 25 heavy (non-hydrogen) atoms. The molecule has 4 rings (SSSR count). The molecule has 8 nitrogen and oxygen atoms in total. The average Bonchev–Trinajstić information content (AvgIpc) is 3.14. The molecule has 1 aliphatic heterocycles. The highest BCUT2D eigenvalue weighted by Gasteiger charge is 2.19. The molecule has 3 heterocycles. The quantitative estimate of drug-likeness (QED) is 0.773. The Hall–Kier alpha value is -2.06. The molecule has 2 aromatic rings. The van der Waals surface area contributed by atoms with Gasteiger partial charge >= 0.3 is 0 Å². The van der Waals surface area contributed by atoms with Gasteiger partial charge in [-0.25, -0.2) is 4.68 Å². The Morgan fingerprint density at radius 3 is 2.64 bits per heavy atom. The first kappa shape index (κ1) is 16.4. The van der Waals surface area contributed by atoms with Gasteiger partial charge in [0.15, 0.2) is 5.82 Å². The van der Waals surface area contributed by atoms with Crippen LogP contribution >= 0.6 is 0 Å². The molecule has 0 saturated carbocycles. The average molecular weight is 344 g/mol. The summed E-state index contributed by atoms with van der Waals surface area (Å²) in [6.07, 6.45) is 5.73. The molecule has 8 heteroatoms. The van der Waals surface area contributed by atoms with Crippen molar-refractivity contribution in [2.45, 2.75) is 38.8 Å². The number of rotatable bonds is 5. The van der Waals surface area contributed by atoms with Crippen LogP contribution in [0.4, 0.5) is 0 Å². The topological polar surface area (TPSA) is 80.3 Å². The highest BCUT2D eigenvalue weighted by atomic mass is 16.5. The van der Waals surface area contributed by atoms with Gasteiger partial charge in [-0.2, -0.15) is 10.1 Å². The van der Waals surface area contributed by atoms with Crippen LogP contribution in [-0.2, 0) is 25.9 Å². The molecule has 0 spiro atoms. The lowest BCUT2D eigenvalue weighted by molar-refractivity contribution is 0.120. The van der Waals surface area contributed by atoms with Crippen molar-refractivity contribution in [3.8, 4) is 0 Å². The lowest BCUT2D eigenvalue weighted by Crippen LogP contribution is -2.47. The third-order valence-electron chi connectivity index (χ3n) is 5.14. The summed E-state index contributed by atoms with van der Waals surface area (Å²) in [5, 5.41) is 8.46. The largest absolute Gasteiger partial charge is 0.343 e. The minimum Gasteiger partial charge on any atom is -0.343 e. The van der Waals surface area contributed by atoms with E-state index in [1.54, 1.807) is 10.7 Å². The smallest absolute Gasteiger partial charge is 0.267 e. The van der Waals surface area contributed by atoms with E-state index in [9.17, 15) is 4.79 Å². The number of hydrogen-bond donors (Lipinski definition) is 0. The normalized spacial score (nSPS) is 19.0. The summed E-state index contributed by atoms with van der Waals surface area (Å²) in [4.78, 5) is 21.0. The van der Waals surface area contributed by atoms with Gasteiger partial charge in [0.25, 0.3) is 5.56 Å². The molecule has 0 unspecified atom stereocenters. The molecule has 0 bridgehead atoms. The maximum atomic E-state index is 12.2. The summed E-state index contributed by atoms with van der Waals surface area (Å²) in [5.74, 6) is 0.735. The second-order valence-corrected chi connectivity index (χ2v) is 6.85. The molecule has 2 aromatic heterocycles. The van der Waals surface area contributed by atoms with Gasteiger partial charge in [-0.3, -0.25) is 14.6 Å². The number of hydrogen-bond acceptors (Lipinski definition) is 7. The van der Waals surface area contributed by atoms with E-state index < -0.39 is 0 Å². The van der Waals surface area contributed by atoms with E-state index in [4.69, 9.17) is 4.52 Å². The Bertz CT molecular complexity index is 749. The fraction of sp³-hybridized carbons (Fsp3) is 0.647. The summed E-state index contributed by atoms with van der Waals surface area (Å²) in [7, 11) is 0. The highest BCUT2D eigenvalue weighted by molar-refractivity contribution is 5.20. The fourth-order valence-corrected chi connectivity index (χ4v) is 3.63. The van der Waals surface area contributed by atoms with Gasteiger partial charge in [-0.1, -0.05) is 5.16 Å². The summed E-state index contributed by atoms with van der Waals surface area (Å²) < 4.78 is 6.43. The highest BCUT2D eigenvalue weighted by Crippen LogP contribution is 2.16. The van der Waals surface area contributed by atoms with Crippen molar-refractivity contribution in [3.05, 3.63) is 39.9 Å². The van der Waals surface area contributed by atoms with Gasteiger partial charge in [0.1, 0.15) is 0 Å². The van der Waals surface area contributed by atoms with Crippen LogP contribution in [0.25, 0.3) is 0 Å². The van der Waals surface area contributed by atoms with Crippen molar-refractivity contribution in [1.82, 2.24) is 29.7 Å². The molecular formula is C17H24N6O2. The summed E-state index contributed by atoms with van der Waals surface area (Å²) in [6, 6.07) is 1.80. The van der Waals surface area contributed by atoms with E-state index in [2.05, 4.69) is 25.0 Å². The van der Waals surface area contributed by atoms with E-state index in [1.807, 2.05) is 0 Å². The maximum absolute atomic E-state index is 12.2. The van der Waals surface area contributed by atoms with Crippen molar-refractivity contribution in [1.29, 1.82) is 0 Å². The molecule has 1 saturated heterocycles. The van der Waals surface area contributed by atoms with Crippen molar-refractivity contribution in [2.75, 3.05) is 32.7 Å². The molecule has 1 fully saturated rings. The van der Waals surface area contributed by atoms with Crippen LogP contribution in [0, 0.1) is 0 Å². The van der Waals surface area contributed by atoms with Crippen LogP contribution in [-0.4, -0.2) is 62.4 Å². The number of fused-ring (bicyclic) bond motifs is 1. The van der Waals surface area contributed by atoms with Crippen LogP contribution in [0.1, 0.15) is 29.9 Å².